The molecule has 0 fully saturated rings. The summed E-state index contributed by atoms with van der Waals surface area (Å²) in [5, 5.41) is 32.1. The lowest BCUT2D eigenvalue weighted by Crippen LogP contribution is -2.09. The van der Waals surface area contributed by atoms with E-state index in [0.717, 1.165) is 0 Å². The molecular weight excluding hydrogens is 278 g/mol. The fraction of sp³-hybridized carbons (Fsp3) is 0. The Bertz CT molecular complexity index is 873. The lowest BCUT2D eigenvalue weighted by atomic mass is 10.2. The van der Waals surface area contributed by atoms with Crippen molar-refractivity contribution in [1.29, 1.82) is 0 Å². The SMILES string of the molecule is O=C(O)c1ccnnc1-n1ncc2ccc([N+](=O)[O-])cc21. The summed E-state index contributed by atoms with van der Waals surface area (Å²) in [7, 11) is 0. The van der Waals surface area contributed by atoms with Gasteiger partial charge in [0.15, 0.2) is 5.82 Å². The van der Waals surface area contributed by atoms with Gasteiger partial charge in [0.2, 0.25) is 0 Å². The molecule has 1 aromatic carbocycles. The first-order valence-corrected chi connectivity index (χ1v) is 5.75. The molecule has 0 atom stereocenters. The van der Waals surface area contributed by atoms with Gasteiger partial charge in [-0.3, -0.25) is 10.1 Å². The van der Waals surface area contributed by atoms with Gasteiger partial charge in [0.05, 0.1) is 22.8 Å². The van der Waals surface area contributed by atoms with Crippen LogP contribution in [0.1, 0.15) is 10.4 Å². The van der Waals surface area contributed by atoms with Crippen molar-refractivity contribution in [3.63, 3.8) is 0 Å². The highest BCUT2D eigenvalue weighted by atomic mass is 16.6. The van der Waals surface area contributed by atoms with Gasteiger partial charge in [-0.1, -0.05) is 0 Å². The average molecular weight is 285 g/mol. The van der Waals surface area contributed by atoms with E-state index in [1.807, 2.05) is 0 Å². The second-order valence-corrected chi connectivity index (χ2v) is 4.13. The van der Waals surface area contributed by atoms with Crippen molar-refractivity contribution in [3.8, 4) is 5.82 Å². The molecule has 2 aromatic heterocycles. The number of nitro benzene ring substituents is 1. The maximum Gasteiger partial charge on any atom is 0.339 e. The zero-order valence-corrected chi connectivity index (χ0v) is 10.4. The molecule has 0 radical (unpaired) electrons. The number of carboxylic acid groups (broad SMARTS) is 1. The third-order valence-corrected chi connectivity index (χ3v) is 2.90. The normalized spacial score (nSPS) is 10.7. The van der Waals surface area contributed by atoms with Crippen LogP contribution in [-0.4, -0.2) is 36.0 Å². The largest absolute Gasteiger partial charge is 0.478 e. The van der Waals surface area contributed by atoms with Crippen LogP contribution >= 0.6 is 0 Å². The number of nitrogens with zero attached hydrogens (tertiary/aromatic N) is 5. The van der Waals surface area contributed by atoms with Crippen LogP contribution in [0, 0.1) is 10.1 Å². The molecule has 0 saturated carbocycles. The molecule has 0 aliphatic heterocycles. The van der Waals surface area contributed by atoms with Gasteiger partial charge in [0, 0.05) is 17.5 Å². The van der Waals surface area contributed by atoms with Crippen molar-refractivity contribution in [1.82, 2.24) is 20.0 Å². The van der Waals surface area contributed by atoms with Crippen LogP contribution in [0.25, 0.3) is 16.7 Å². The van der Waals surface area contributed by atoms with Gasteiger partial charge >= 0.3 is 5.97 Å². The van der Waals surface area contributed by atoms with Crippen LogP contribution in [0.4, 0.5) is 5.69 Å². The Morgan fingerprint density at radius 3 is 2.86 bits per heavy atom. The number of benzene rings is 1. The van der Waals surface area contributed by atoms with E-state index in [1.165, 1.54) is 41.3 Å². The van der Waals surface area contributed by atoms with E-state index < -0.39 is 10.9 Å². The molecule has 104 valence electrons. The van der Waals surface area contributed by atoms with E-state index in [1.54, 1.807) is 0 Å². The molecule has 21 heavy (non-hydrogen) atoms. The Morgan fingerprint density at radius 2 is 2.14 bits per heavy atom. The first-order chi connectivity index (χ1) is 10.1. The molecule has 9 nitrogen and oxygen atoms in total. The molecule has 3 rings (SSSR count). The number of carboxylic acids is 1. The predicted octanol–water partition coefficient (Wildman–Crippen LogP) is 1.42. The molecule has 2 heterocycles. The molecule has 1 N–H and O–H groups in total. The summed E-state index contributed by atoms with van der Waals surface area (Å²) in [5.74, 6) is -1.19. The van der Waals surface area contributed by atoms with Crippen molar-refractivity contribution >= 4 is 22.6 Å². The second kappa shape index (κ2) is 4.63. The van der Waals surface area contributed by atoms with E-state index in [-0.39, 0.29) is 17.1 Å². The fourth-order valence-electron chi connectivity index (χ4n) is 1.94. The Balaban J connectivity index is 2.28. The number of non-ortho nitro benzene ring substituents is 1. The van der Waals surface area contributed by atoms with Crippen molar-refractivity contribution in [2.75, 3.05) is 0 Å². The summed E-state index contributed by atoms with van der Waals surface area (Å²) < 4.78 is 1.22. The van der Waals surface area contributed by atoms with Crippen molar-refractivity contribution in [2.24, 2.45) is 0 Å². The first-order valence-electron chi connectivity index (χ1n) is 5.75. The maximum absolute atomic E-state index is 11.2. The zero-order valence-electron chi connectivity index (χ0n) is 10.4. The van der Waals surface area contributed by atoms with Crippen molar-refractivity contribution in [2.45, 2.75) is 0 Å². The van der Waals surface area contributed by atoms with E-state index in [9.17, 15) is 14.9 Å². The third-order valence-electron chi connectivity index (χ3n) is 2.90. The number of aromatic carboxylic acids is 1. The van der Waals surface area contributed by atoms with Gasteiger partial charge in [-0.05, 0) is 12.1 Å². The smallest absolute Gasteiger partial charge is 0.339 e. The topological polar surface area (TPSA) is 124 Å². The Morgan fingerprint density at radius 1 is 1.33 bits per heavy atom. The lowest BCUT2D eigenvalue weighted by molar-refractivity contribution is -0.384. The van der Waals surface area contributed by atoms with E-state index in [4.69, 9.17) is 5.11 Å². The Hall–Kier alpha value is -3.36. The standard InChI is InChI=1S/C12H7N5O4/c18-12(19)9-3-4-13-15-11(9)16-10-5-8(17(20)21)2-1-7(10)6-14-16/h1-6H,(H,18,19). The van der Waals surface area contributed by atoms with Gasteiger partial charge < -0.3 is 5.11 Å². The molecule has 0 aliphatic carbocycles. The number of hydrogen-bond acceptors (Lipinski definition) is 6. The van der Waals surface area contributed by atoms with Crippen molar-refractivity contribution < 1.29 is 14.8 Å². The molecular formula is C12H7N5O4. The maximum atomic E-state index is 11.2. The molecule has 0 spiro atoms. The van der Waals surface area contributed by atoms with Crippen molar-refractivity contribution in [3.05, 3.63) is 52.3 Å². The number of nitro groups is 1. The number of hydrogen-bond donors (Lipinski definition) is 1. The van der Waals surface area contributed by atoms with Crippen LogP contribution in [0.15, 0.2) is 36.7 Å². The Kier molecular flexibility index (Phi) is 2.79. The third kappa shape index (κ3) is 2.06. The number of carbonyl (C=O) groups is 1. The van der Waals surface area contributed by atoms with E-state index >= 15 is 0 Å². The highest BCUT2D eigenvalue weighted by molar-refractivity contribution is 5.92. The van der Waals surface area contributed by atoms with Crippen LogP contribution in [-0.2, 0) is 0 Å². The molecule has 0 unspecified atom stereocenters. The number of fused-ring (bicyclic) bond motifs is 1. The van der Waals surface area contributed by atoms with Crippen LogP contribution < -0.4 is 0 Å². The van der Waals surface area contributed by atoms with E-state index in [0.29, 0.717) is 10.9 Å². The Labute approximate surface area is 116 Å². The van der Waals surface area contributed by atoms with Gasteiger partial charge in [-0.15, -0.1) is 5.10 Å². The minimum Gasteiger partial charge on any atom is -0.478 e. The summed E-state index contributed by atoms with van der Waals surface area (Å²) >= 11 is 0. The molecule has 9 heteroatoms. The number of aromatic nitrogens is 4. The molecule has 0 aliphatic rings. The summed E-state index contributed by atoms with van der Waals surface area (Å²) in [4.78, 5) is 21.5. The van der Waals surface area contributed by atoms with Gasteiger partial charge in [-0.25, -0.2) is 9.48 Å². The highest BCUT2D eigenvalue weighted by Crippen LogP contribution is 2.23. The summed E-state index contributed by atoms with van der Waals surface area (Å²) in [6.07, 6.45) is 2.72. The summed E-state index contributed by atoms with van der Waals surface area (Å²) in [6, 6.07) is 5.48. The average Bonchev–Trinajstić information content (AvgIpc) is 2.89. The number of rotatable bonds is 3. The molecule has 0 bridgehead atoms. The molecule has 3 aromatic rings. The van der Waals surface area contributed by atoms with E-state index in [2.05, 4.69) is 15.3 Å². The monoisotopic (exact) mass is 285 g/mol. The summed E-state index contributed by atoms with van der Waals surface area (Å²) in [5.41, 5.74) is 0.165. The summed E-state index contributed by atoms with van der Waals surface area (Å²) in [6.45, 7) is 0. The quantitative estimate of drug-likeness (QED) is 0.570. The lowest BCUT2D eigenvalue weighted by Gasteiger charge is -2.04. The second-order valence-electron chi connectivity index (χ2n) is 4.13. The van der Waals surface area contributed by atoms with Gasteiger partial charge in [0.1, 0.15) is 5.56 Å². The fourth-order valence-corrected chi connectivity index (χ4v) is 1.94. The molecule has 0 amide bonds. The first kappa shape index (κ1) is 12.7. The highest BCUT2D eigenvalue weighted by Gasteiger charge is 2.17. The van der Waals surface area contributed by atoms with Crippen LogP contribution in [0.3, 0.4) is 0 Å². The van der Waals surface area contributed by atoms with Crippen LogP contribution in [0.2, 0.25) is 0 Å². The molecule has 0 saturated heterocycles. The predicted molar refractivity (Wildman–Crippen MR) is 70.3 cm³/mol. The van der Waals surface area contributed by atoms with Gasteiger partial charge in [0.25, 0.3) is 5.69 Å². The minimum absolute atomic E-state index is 0.000461. The minimum atomic E-state index is -1.19. The van der Waals surface area contributed by atoms with Gasteiger partial charge in [-0.2, -0.15) is 10.2 Å². The van der Waals surface area contributed by atoms with Crippen LogP contribution in [0.5, 0.6) is 0 Å². The zero-order chi connectivity index (χ0) is 15.0.